The zero-order chi connectivity index (χ0) is 19.1. The van der Waals surface area contributed by atoms with Crippen molar-refractivity contribution in [2.45, 2.75) is 13.0 Å². The van der Waals surface area contributed by atoms with E-state index in [4.69, 9.17) is 4.74 Å². The highest BCUT2D eigenvalue weighted by Crippen LogP contribution is 2.45. The van der Waals surface area contributed by atoms with Gasteiger partial charge in [-0.25, -0.2) is 4.39 Å². The lowest BCUT2D eigenvalue weighted by atomic mass is 9.88. The van der Waals surface area contributed by atoms with Gasteiger partial charge in [0.1, 0.15) is 17.1 Å². The molecule has 0 spiro atoms. The van der Waals surface area contributed by atoms with Crippen molar-refractivity contribution < 1.29 is 13.9 Å². The molecule has 28 heavy (non-hydrogen) atoms. The first-order chi connectivity index (χ1) is 13.0. The van der Waals surface area contributed by atoms with Crippen molar-refractivity contribution in [1.29, 1.82) is 0 Å². The minimum Gasteiger partial charge on any atom is -0.496 e. The Kier molecular flexibility index (Phi) is 5.96. The molecule has 2 aliphatic rings. The second-order valence-corrected chi connectivity index (χ2v) is 7.69. The summed E-state index contributed by atoms with van der Waals surface area (Å²) in [5, 5.41) is 0. The van der Waals surface area contributed by atoms with Crippen LogP contribution in [-0.4, -0.2) is 49.5 Å². The van der Waals surface area contributed by atoms with E-state index in [1.807, 2.05) is 0 Å². The number of likely N-dealkylation sites (tertiary alicyclic amines) is 2. The third kappa shape index (κ3) is 3.38. The molecule has 0 radical (unpaired) electrons. The fourth-order valence-electron chi connectivity index (χ4n) is 4.85. The molecular weight excluding hydrogens is 379 g/mol. The van der Waals surface area contributed by atoms with Gasteiger partial charge >= 0.3 is 0 Å². The number of hydrogen-bond donors (Lipinski definition) is 0. The average Bonchev–Trinajstić information content (AvgIpc) is 3.18. The number of methoxy groups -OCH3 is 1. The molecule has 0 bridgehead atoms. The number of halogens is 2. The van der Waals surface area contributed by atoms with Crippen LogP contribution in [0.4, 0.5) is 4.39 Å². The Hall–Kier alpha value is -2.11. The number of carbonyl (C=O) groups is 1. The highest BCUT2D eigenvalue weighted by molar-refractivity contribution is 5.97. The average molecular weight is 405 g/mol. The SMILES string of the molecule is COc1cccc(F)c1C(=O)N1C[C@@H]2CN(C)[C@H](c3ccccc3C)[C@@H]2C1.Cl. The summed E-state index contributed by atoms with van der Waals surface area (Å²) >= 11 is 0. The molecule has 1 amide bonds. The van der Waals surface area contributed by atoms with Crippen molar-refractivity contribution >= 4 is 18.3 Å². The van der Waals surface area contributed by atoms with Gasteiger partial charge in [-0.3, -0.25) is 9.69 Å². The molecule has 2 heterocycles. The molecular formula is C22H26ClFN2O2. The van der Waals surface area contributed by atoms with E-state index in [9.17, 15) is 9.18 Å². The van der Waals surface area contributed by atoms with Gasteiger partial charge in [-0.15, -0.1) is 12.4 Å². The van der Waals surface area contributed by atoms with Crippen LogP contribution in [0.2, 0.25) is 0 Å². The van der Waals surface area contributed by atoms with Gasteiger partial charge < -0.3 is 9.64 Å². The van der Waals surface area contributed by atoms with Gasteiger partial charge in [-0.05, 0) is 43.1 Å². The van der Waals surface area contributed by atoms with Crippen molar-refractivity contribution in [3.05, 3.63) is 65.0 Å². The Bertz CT molecular complexity index is 875. The molecule has 2 fully saturated rings. The van der Waals surface area contributed by atoms with Gasteiger partial charge in [0, 0.05) is 31.6 Å². The Morgan fingerprint density at radius 1 is 1.11 bits per heavy atom. The Balaban J connectivity index is 0.00000225. The lowest BCUT2D eigenvalue weighted by Crippen LogP contribution is -2.34. The van der Waals surface area contributed by atoms with Crippen molar-refractivity contribution in [3.8, 4) is 5.75 Å². The van der Waals surface area contributed by atoms with Gasteiger partial charge in [0.05, 0.1) is 7.11 Å². The first kappa shape index (κ1) is 20.6. The molecule has 0 unspecified atom stereocenters. The zero-order valence-electron chi connectivity index (χ0n) is 16.4. The molecule has 3 atom stereocenters. The summed E-state index contributed by atoms with van der Waals surface area (Å²) in [6.07, 6.45) is 0. The summed E-state index contributed by atoms with van der Waals surface area (Å²) in [7, 11) is 3.62. The first-order valence-electron chi connectivity index (χ1n) is 9.38. The predicted octanol–water partition coefficient (Wildman–Crippen LogP) is 3.94. The molecule has 0 saturated carbocycles. The maximum Gasteiger partial charge on any atom is 0.260 e. The highest BCUT2D eigenvalue weighted by Gasteiger charge is 2.48. The van der Waals surface area contributed by atoms with E-state index < -0.39 is 5.82 Å². The first-order valence-corrected chi connectivity index (χ1v) is 9.38. The Morgan fingerprint density at radius 2 is 1.86 bits per heavy atom. The van der Waals surface area contributed by atoms with Gasteiger partial charge in [0.15, 0.2) is 0 Å². The van der Waals surface area contributed by atoms with Crippen LogP contribution < -0.4 is 4.74 Å². The van der Waals surface area contributed by atoms with Crippen LogP contribution in [0.3, 0.4) is 0 Å². The van der Waals surface area contributed by atoms with E-state index in [-0.39, 0.29) is 29.9 Å². The minimum atomic E-state index is -0.524. The lowest BCUT2D eigenvalue weighted by Gasteiger charge is -2.28. The summed E-state index contributed by atoms with van der Waals surface area (Å²) in [5.74, 6) is 0.262. The predicted molar refractivity (Wildman–Crippen MR) is 110 cm³/mol. The number of nitrogens with zero attached hydrogens (tertiary/aromatic N) is 2. The van der Waals surface area contributed by atoms with Crippen LogP contribution in [-0.2, 0) is 0 Å². The third-order valence-electron chi connectivity index (χ3n) is 6.10. The molecule has 2 aliphatic heterocycles. The van der Waals surface area contributed by atoms with Crippen LogP contribution in [0.15, 0.2) is 42.5 Å². The molecule has 4 nitrogen and oxygen atoms in total. The molecule has 2 saturated heterocycles. The fourth-order valence-corrected chi connectivity index (χ4v) is 4.85. The van der Waals surface area contributed by atoms with Crippen LogP contribution >= 0.6 is 12.4 Å². The van der Waals surface area contributed by atoms with Crippen molar-refractivity contribution in [2.75, 3.05) is 33.8 Å². The minimum absolute atomic E-state index is 0. The van der Waals surface area contributed by atoms with E-state index in [1.54, 1.807) is 17.0 Å². The topological polar surface area (TPSA) is 32.8 Å². The van der Waals surface area contributed by atoms with Gasteiger partial charge in [0.2, 0.25) is 0 Å². The number of ether oxygens (including phenoxy) is 1. The lowest BCUT2D eigenvalue weighted by molar-refractivity contribution is 0.0759. The third-order valence-corrected chi connectivity index (χ3v) is 6.10. The fraction of sp³-hybridized carbons (Fsp3) is 0.409. The summed E-state index contributed by atoms with van der Waals surface area (Å²) in [6, 6.07) is 13.3. The smallest absolute Gasteiger partial charge is 0.260 e. The molecule has 0 aromatic heterocycles. The molecule has 150 valence electrons. The molecule has 0 N–H and O–H groups in total. The van der Waals surface area contributed by atoms with Crippen LogP contribution in [0.25, 0.3) is 0 Å². The van der Waals surface area contributed by atoms with Gasteiger partial charge in [-0.2, -0.15) is 0 Å². The maximum atomic E-state index is 14.4. The molecule has 2 aromatic carbocycles. The quantitative estimate of drug-likeness (QED) is 0.776. The van der Waals surface area contributed by atoms with E-state index in [0.29, 0.717) is 30.7 Å². The van der Waals surface area contributed by atoms with Crippen LogP contribution in [0.5, 0.6) is 5.75 Å². The van der Waals surface area contributed by atoms with Gasteiger partial charge in [-0.1, -0.05) is 30.3 Å². The molecule has 6 heteroatoms. The summed E-state index contributed by atoms with van der Waals surface area (Å²) in [4.78, 5) is 17.3. The molecule has 4 rings (SSSR count). The number of benzene rings is 2. The summed E-state index contributed by atoms with van der Waals surface area (Å²) in [5.41, 5.74) is 2.64. The molecule has 0 aliphatic carbocycles. The Labute approximate surface area is 171 Å². The zero-order valence-corrected chi connectivity index (χ0v) is 17.2. The number of aryl methyl sites for hydroxylation is 1. The van der Waals surface area contributed by atoms with E-state index in [2.05, 4.69) is 43.1 Å². The number of fused-ring (bicyclic) bond motifs is 1. The summed E-state index contributed by atoms with van der Waals surface area (Å²) in [6.45, 7) is 4.39. The number of rotatable bonds is 3. The second-order valence-electron chi connectivity index (χ2n) is 7.69. The highest BCUT2D eigenvalue weighted by atomic mass is 35.5. The largest absolute Gasteiger partial charge is 0.496 e. The summed E-state index contributed by atoms with van der Waals surface area (Å²) < 4.78 is 19.6. The number of carbonyl (C=O) groups excluding carboxylic acids is 1. The number of hydrogen-bond acceptors (Lipinski definition) is 3. The standard InChI is InChI=1S/C22H25FN2O2.ClH/c1-14-7-4-5-8-16(14)21-17-13-25(12-15(17)11-24(21)2)22(26)20-18(23)9-6-10-19(20)27-3;/h4-10,15,17,21H,11-13H2,1-3H3;1H/t15-,17+,21+;/m0./s1. The van der Waals surface area contributed by atoms with Crippen LogP contribution in [0.1, 0.15) is 27.5 Å². The van der Waals surface area contributed by atoms with E-state index in [1.165, 1.54) is 24.3 Å². The second kappa shape index (κ2) is 8.10. The normalized spacial score (nSPS) is 24.0. The Morgan fingerprint density at radius 3 is 2.57 bits per heavy atom. The monoisotopic (exact) mass is 404 g/mol. The van der Waals surface area contributed by atoms with E-state index >= 15 is 0 Å². The van der Waals surface area contributed by atoms with E-state index in [0.717, 1.165) is 6.54 Å². The number of amides is 1. The van der Waals surface area contributed by atoms with Gasteiger partial charge in [0.25, 0.3) is 5.91 Å². The maximum absolute atomic E-state index is 14.4. The van der Waals surface area contributed by atoms with Crippen molar-refractivity contribution in [2.24, 2.45) is 11.8 Å². The molecule has 2 aromatic rings. The van der Waals surface area contributed by atoms with Crippen molar-refractivity contribution in [3.63, 3.8) is 0 Å². The van der Waals surface area contributed by atoms with Crippen LogP contribution in [0, 0.1) is 24.6 Å². The van der Waals surface area contributed by atoms with Crippen molar-refractivity contribution in [1.82, 2.24) is 9.80 Å².